The summed E-state index contributed by atoms with van der Waals surface area (Å²) in [7, 11) is 1.89. The van der Waals surface area contributed by atoms with E-state index in [-0.39, 0.29) is 0 Å². The molecule has 1 aromatic heterocycles. The van der Waals surface area contributed by atoms with Gasteiger partial charge in [-0.15, -0.1) is 11.3 Å². The number of nitrogens with zero attached hydrogens (tertiary/aromatic N) is 1. The first-order valence-electron chi connectivity index (χ1n) is 3.55. The second-order valence-corrected chi connectivity index (χ2v) is 3.41. The fraction of sp³-hybridized carbons (Fsp3) is 0.375. The molecule has 0 saturated carbocycles. The van der Waals surface area contributed by atoms with Crippen LogP contribution in [0, 0.1) is 6.92 Å². The van der Waals surface area contributed by atoms with Gasteiger partial charge in [-0.1, -0.05) is 6.08 Å². The van der Waals surface area contributed by atoms with Gasteiger partial charge in [-0.3, -0.25) is 0 Å². The maximum Gasteiger partial charge on any atom is 0.183 e. The largest absolute Gasteiger partial charge is 0.365 e. The normalized spacial score (nSPS) is 10.8. The van der Waals surface area contributed by atoms with E-state index in [1.165, 1.54) is 4.88 Å². The Morgan fingerprint density at radius 3 is 2.73 bits per heavy atom. The molecule has 1 N–H and O–H groups in total. The third kappa shape index (κ3) is 1.80. The lowest BCUT2D eigenvalue weighted by Crippen LogP contribution is -1.85. The molecule has 0 atom stereocenters. The van der Waals surface area contributed by atoms with E-state index in [4.69, 9.17) is 0 Å². The van der Waals surface area contributed by atoms with Crippen LogP contribution in [0.2, 0.25) is 0 Å². The van der Waals surface area contributed by atoms with E-state index in [2.05, 4.69) is 17.2 Å². The number of aryl methyl sites for hydroxylation is 1. The number of nitrogens with one attached hydrogen (secondary N) is 1. The number of thiazole rings is 1. The molecule has 0 spiro atoms. The highest BCUT2D eigenvalue weighted by molar-refractivity contribution is 7.15. The first-order chi connectivity index (χ1) is 5.27. The fourth-order valence-electron chi connectivity index (χ4n) is 0.828. The Hall–Kier alpha value is -0.830. The molecule has 1 rings (SSSR count). The van der Waals surface area contributed by atoms with E-state index in [0.717, 1.165) is 10.8 Å². The number of anilines is 1. The third-order valence-electron chi connectivity index (χ3n) is 1.37. The second-order valence-electron chi connectivity index (χ2n) is 2.21. The lowest BCUT2D eigenvalue weighted by atomic mass is 10.3. The van der Waals surface area contributed by atoms with Crippen molar-refractivity contribution >= 4 is 22.5 Å². The van der Waals surface area contributed by atoms with Crippen LogP contribution in [0.3, 0.4) is 0 Å². The van der Waals surface area contributed by atoms with Gasteiger partial charge in [0.25, 0.3) is 0 Å². The van der Waals surface area contributed by atoms with Crippen LogP contribution >= 0.6 is 11.3 Å². The average molecular weight is 168 g/mol. The minimum Gasteiger partial charge on any atom is -0.365 e. The average Bonchev–Trinajstić information content (AvgIpc) is 2.33. The van der Waals surface area contributed by atoms with E-state index < -0.39 is 0 Å². The van der Waals surface area contributed by atoms with Crippen LogP contribution in [0.5, 0.6) is 0 Å². The molecule has 0 bridgehead atoms. The summed E-state index contributed by atoms with van der Waals surface area (Å²) in [6.07, 6.45) is 4.02. The molecule has 11 heavy (non-hydrogen) atoms. The van der Waals surface area contributed by atoms with Gasteiger partial charge < -0.3 is 5.32 Å². The lowest BCUT2D eigenvalue weighted by Gasteiger charge is -1.86. The molecule has 0 saturated heterocycles. The summed E-state index contributed by atoms with van der Waals surface area (Å²) in [5, 5.41) is 4.00. The second kappa shape index (κ2) is 3.53. The number of hydrogen-bond donors (Lipinski definition) is 1. The number of allylic oxidation sites excluding steroid dienone is 1. The molecule has 60 valence electrons. The summed E-state index contributed by atoms with van der Waals surface area (Å²) in [5.74, 6) is 0. The first-order valence-corrected chi connectivity index (χ1v) is 4.37. The Labute approximate surface area is 71.0 Å². The SMILES string of the molecule is C/C=C\c1nc(NC)sc1C. The predicted octanol–water partition coefficient (Wildman–Crippen LogP) is 2.53. The van der Waals surface area contributed by atoms with Gasteiger partial charge in [0.15, 0.2) is 5.13 Å². The van der Waals surface area contributed by atoms with Crippen LogP contribution in [0.1, 0.15) is 17.5 Å². The molecule has 0 aliphatic rings. The minimum absolute atomic E-state index is 0.982. The maximum atomic E-state index is 4.34. The van der Waals surface area contributed by atoms with Gasteiger partial charge in [0.1, 0.15) is 0 Å². The van der Waals surface area contributed by atoms with E-state index >= 15 is 0 Å². The molecule has 0 aliphatic carbocycles. The van der Waals surface area contributed by atoms with Crippen LogP contribution in [0.4, 0.5) is 5.13 Å². The van der Waals surface area contributed by atoms with Crippen molar-refractivity contribution < 1.29 is 0 Å². The van der Waals surface area contributed by atoms with Crippen LogP contribution in [-0.4, -0.2) is 12.0 Å². The highest BCUT2D eigenvalue weighted by Crippen LogP contribution is 2.22. The summed E-state index contributed by atoms with van der Waals surface area (Å²) < 4.78 is 0. The van der Waals surface area contributed by atoms with Gasteiger partial charge in [-0.2, -0.15) is 0 Å². The smallest absolute Gasteiger partial charge is 0.183 e. The third-order valence-corrected chi connectivity index (χ3v) is 2.37. The summed E-state index contributed by atoms with van der Waals surface area (Å²) in [6.45, 7) is 4.08. The quantitative estimate of drug-likeness (QED) is 0.734. The van der Waals surface area contributed by atoms with Crippen molar-refractivity contribution in [3.8, 4) is 0 Å². The summed E-state index contributed by atoms with van der Waals surface area (Å²) >= 11 is 1.68. The van der Waals surface area contributed by atoms with Gasteiger partial charge in [0, 0.05) is 11.9 Å². The summed E-state index contributed by atoms with van der Waals surface area (Å²) in [4.78, 5) is 5.60. The molecule has 0 fully saturated rings. The van der Waals surface area contributed by atoms with Crippen molar-refractivity contribution in [1.82, 2.24) is 4.98 Å². The summed E-state index contributed by atoms with van der Waals surface area (Å²) in [6, 6.07) is 0. The molecule has 3 heteroatoms. The summed E-state index contributed by atoms with van der Waals surface area (Å²) in [5.41, 5.74) is 1.07. The molecule has 1 aromatic rings. The Morgan fingerprint density at radius 1 is 1.55 bits per heavy atom. The van der Waals surface area contributed by atoms with Crippen LogP contribution in [0.15, 0.2) is 6.08 Å². The fourth-order valence-corrected chi connectivity index (χ4v) is 1.58. The van der Waals surface area contributed by atoms with Gasteiger partial charge in [-0.05, 0) is 19.9 Å². The molecule has 0 amide bonds. The highest BCUT2D eigenvalue weighted by Gasteiger charge is 2.01. The zero-order valence-corrected chi connectivity index (χ0v) is 7.83. The molecule has 0 unspecified atom stereocenters. The van der Waals surface area contributed by atoms with E-state index in [1.54, 1.807) is 11.3 Å². The minimum atomic E-state index is 0.982. The maximum absolute atomic E-state index is 4.34. The van der Waals surface area contributed by atoms with E-state index in [0.29, 0.717) is 0 Å². The monoisotopic (exact) mass is 168 g/mol. The molecule has 0 aliphatic heterocycles. The predicted molar refractivity (Wildman–Crippen MR) is 51.1 cm³/mol. The van der Waals surface area contributed by atoms with Gasteiger partial charge in [0.05, 0.1) is 5.69 Å². The van der Waals surface area contributed by atoms with Gasteiger partial charge in [-0.25, -0.2) is 4.98 Å². The van der Waals surface area contributed by atoms with Crippen molar-refractivity contribution in [3.05, 3.63) is 16.6 Å². The molecule has 0 radical (unpaired) electrons. The van der Waals surface area contributed by atoms with Crippen molar-refractivity contribution in [3.63, 3.8) is 0 Å². The Balaban J connectivity index is 2.97. The van der Waals surface area contributed by atoms with Crippen molar-refractivity contribution in [2.24, 2.45) is 0 Å². The zero-order valence-electron chi connectivity index (χ0n) is 7.01. The Bertz CT molecular complexity index is 263. The standard InChI is InChI=1S/C8H12N2S/c1-4-5-7-6(2)11-8(9-3)10-7/h4-5H,1-3H3,(H,9,10)/b5-4-. The zero-order chi connectivity index (χ0) is 8.27. The number of rotatable bonds is 2. The van der Waals surface area contributed by atoms with Gasteiger partial charge >= 0.3 is 0 Å². The number of hydrogen-bond acceptors (Lipinski definition) is 3. The Morgan fingerprint density at radius 2 is 2.27 bits per heavy atom. The van der Waals surface area contributed by atoms with Gasteiger partial charge in [0.2, 0.25) is 0 Å². The Kier molecular flexibility index (Phi) is 2.65. The van der Waals surface area contributed by atoms with Crippen molar-refractivity contribution in [2.75, 3.05) is 12.4 Å². The van der Waals surface area contributed by atoms with Crippen molar-refractivity contribution in [1.29, 1.82) is 0 Å². The molecule has 0 aromatic carbocycles. The highest BCUT2D eigenvalue weighted by atomic mass is 32.1. The molecular formula is C8H12N2S. The number of aromatic nitrogens is 1. The molecular weight excluding hydrogens is 156 g/mol. The topological polar surface area (TPSA) is 24.9 Å². The van der Waals surface area contributed by atoms with Crippen LogP contribution < -0.4 is 5.32 Å². The van der Waals surface area contributed by atoms with Crippen molar-refractivity contribution in [2.45, 2.75) is 13.8 Å². The van der Waals surface area contributed by atoms with Crippen LogP contribution in [-0.2, 0) is 0 Å². The lowest BCUT2D eigenvalue weighted by molar-refractivity contribution is 1.31. The van der Waals surface area contributed by atoms with E-state index in [1.807, 2.05) is 26.1 Å². The first kappa shape index (κ1) is 8.27. The molecule has 1 heterocycles. The molecule has 2 nitrogen and oxygen atoms in total. The van der Waals surface area contributed by atoms with E-state index in [9.17, 15) is 0 Å². The van der Waals surface area contributed by atoms with Crippen LogP contribution in [0.25, 0.3) is 6.08 Å².